The minimum absolute atomic E-state index is 0.118. The van der Waals surface area contributed by atoms with Crippen molar-refractivity contribution in [3.05, 3.63) is 90.0 Å². The molecule has 0 aliphatic carbocycles. The monoisotopic (exact) mass is 417 g/mol. The lowest BCUT2D eigenvalue weighted by atomic mass is 9.78. The third-order valence-corrected chi connectivity index (χ3v) is 5.94. The molecule has 1 atom stereocenters. The van der Waals surface area contributed by atoms with E-state index in [1.165, 1.54) is 6.07 Å². The maximum atomic E-state index is 14.5. The molecule has 158 valence electrons. The molecule has 1 N–H and O–H groups in total. The second-order valence-corrected chi connectivity index (χ2v) is 7.86. The summed E-state index contributed by atoms with van der Waals surface area (Å²) in [6.07, 6.45) is 2.51. The molecule has 0 spiro atoms. The second-order valence-electron chi connectivity index (χ2n) is 7.86. The van der Waals surface area contributed by atoms with Crippen LogP contribution < -0.4 is 5.32 Å². The van der Waals surface area contributed by atoms with Gasteiger partial charge in [0.25, 0.3) is 5.91 Å². The lowest BCUT2D eigenvalue weighted by Crippen LogP contribution is -2.44. The molecule has 0 radical (unpaired) electrons. The van der Waals surface area contributed by atoms with Gasteiger partial charge < -0.3 is 10.2 Å². The zero-order valence-corrected chi connectivity index (χ0v) is 17.3. The highest BCUT2D eigenvalue weighted by Gasteiger charge is 2.46. The van der Waals surface area contributed by atoms with Crippen molar-refractivity contribution in [1.29, 1.82) is 0 Å². The molecule has 31 heavy (non-hydrogen) atoms. The molecule has 5 nitrogen and oxygen atoms in total. The highest BCUT2D eigenvalue weighted by molar-refractivity contribution is 5.94. The Labute approximate surface area is 180 Å². The highest BCUT2D eigenvalue weighted by Crippen LogP contribution is 2.38. The first-order chi connectivity index (χ1) is 15.0. The smallest absolute Gasteiger partial charge is 0.272 e. The number of hydrogen-bond acceptors (Lipinski definition) is 3. The van der Waals surface area contributed by atoms with Crippen molar-refractivity contribution in [1.82, 2.24) is 15.2 Å². The molecule has 6 heteroatoms. The Morgan fingerprint density at radius 3 is 2.45 bits per heavy atom. The normalized spacial score (nSPS) is 18.1. The van der Waals surface area contributed by atoms with Crippen molar-refractivity contribution < 1.29 is 14.0 Å². The Balaban J connectivity index is 1.66. The zero-order chi connectivity index (χ0) is 21.8. The van der Waals surface area contributed by atoms with Gasteiger partial charge in [-0.25, -0.2) is 4.39 Å². The van der Waals surface area contributed by atoms with Crippen molar-refractivity contribution >= 4 is 11.8 Å². The van der Waals surface area contributed by atoms with Crippen LogP contribution >= 0.6 is 0 Å². The number of amides is 2. The van der Waals surface area contributed by atoms with Crippen molar-refractivity contribution in [3.8, 4) is 11.1 Å². The molecule has 0 saturated carbocycles. The number of nitrogens with zero attached hydrogens (tertiary/aromatic N) is 2. The summed E-state index contributed by atoms with van der Waals surface area (Å²) in [5.41, 5.74) is 1.72. The maximum absolute atomic E-state index is 14.5. The number of carbonyl (C=O) groups is 2. The van der Waals surface area contributed by atoms with E-state index in [2.05, 4.69) is 10.3 Å². The molecule has 1 aromatic heterocycles. The summed E-state index contributed by atoms with van der Waals surface area (Å²) in [5, 5.41) is 2.77. The fourth-order valence-electron chi connectivity index (χ4n) is 4.35. The van der Waals surface area contributed by atoms with E-state index in [4.69, 9.17) is 0 Å². The van der Waals surface area contributed by atoms with E-state index in [0.717, 1.165) is 11.1 Å². The van der Waals surface area contributed by atoms with Crippen molar-refractivity contribution in [3.63, 3.8) is 0 Å². The van der Waals surface area contributed by atoms with Crippen LogP contribution in [-0.2, 0) is 11.2 Å². The van der Waals surface area contributed by atoms with Gasteiger partial charge in [0.1, 0.15) is 11.5 Å². The average Bonchev–Trinajstić information content (AvgIpc) is 3.24. The molecule has 2 amide bonds. The summed E-state index contributed by atoms with van der Waals surface area (Å²) in [5.74, 6) is -0.608. The van der Waals surface area contributed by atoms with E-state index in [1.807, 2.05) is 24.3 Å². The van der Waals surface area contributed by atoms with Gasteiger partial charge >= 0.3 is 0 Å². The Kier molecular flexibility index (Phi) is 5.80. The van der Waals surface area contributed by atoms with Crippen molar-refractivity contribution in [2.75, 3.05) is 20.1 Å². The minimum Gasteiger partial charge on any atom is -0.359 e. The number of aromatic nitrogens is 1. The molecule has 1 aliphatic heterocycles. The van der Waals surface area contributed by atoms with Crippen LogP contribution in [0.3, 0.4) is 0 Å². The average molecular weight is 417 g/mol. The van der Waals surface area contributed by atoms with Crippen LogP contribution in [0.2, 0.25) is 0 Å². The summed E-state index contributed by atoms with van der Waals surface area (Å²) in [7, 11) is 1.61. The Morgan fingerprint density at radius 2 is 1.74 bits per heavy atom. The van der Waals surface area contributed by atoms with Crippen molar-refractivity contribution in [2.24, 2.45) is 5.41 Å². The number of nitrogens with one attached hydrogen (secondary N) is 1. The molecule has 0 bridgehead atoms. The van der Waals surface area contributed by atoms with Gasteiger partial charge in [-0.2, -0.15) is 0 Å². The molecule has 2 heterocycles. The Bertz CT molecular complexity index is 1100. The van der Waals surface area contributed by atoms with E-state index >= 15 is 0 Å². The molecule has 1 fully saturated rings. The standard InChI is InChI=1S/C25H24FN3O2/c1-27-24(31)25(13-15-29(17-25)23(30)22-12-6-7-14-28-22)16-18-8-2-3-9-19(18)20-10-4-5-11-21(20)26/h2-12,14H,13,15-17H2,1H3,(H,27,31)/t25-/m0/s1. The molecular weight excluding hydrogens is 393 g/mol. The summed E-state index contributed by atoms with van der Waals surface area (Å²) in [4.78, 5) is 31.8. The molecule has 0 unspecified atom stereocenters. The van der Waals surface area contributed by atoms with Gasteiger partial charge in [0.15, 0.2) is 0 Å². The van der Waals surface area contributed by atoms with E-state index in [9.17, 15) is 14.0 Å². The maximum Gasteiger partial charge on any atom is 0.272 e. The van der Waals surface area contributed by atoms with Crippen LogP contribution in [0.1, 0.15) is 22.5 Å². The van der Waals surface area contributed by atoms with Crippen LogP contribution in [0, 0.1) is 11.2 Å². The first kappa shape index (κ1) is 20.7. The predicted octanol–water partition coefficient (Wildman–Crippen LogP) is 3.71. The number of carbonyl (C=O) groups excluding carboxylic acids is 2. The van der Waals surface area contributed by atoms with Gasteiger partial charge in [0.2, 0.25) is 5.91 Å². The summed E-state index contributed by atoms with van der Waals surface area (Å²) in [6.45, 7) is 0.748. The third kappa shape index (κ3) is 4.06. The van der Waals surface area contributed by atoms with Crippen LogP contribution in [0.5, 0.6) is 0 Å². The Morgan fingerprint density at radius 1 is 1.03 bits per heavy atom. The Hall–Kier alpha value is -3.54. The number of hydrogen-bond donors (Lipinski definition) is 1. The topological polar surface area (TPSA) is 62.3 Å². The molecule has 3 aromatic rings. The highest BCUT2D eigenvalue weighted by atomic mass is 19.1. The number of benzene rings is 2. The summed E-state index contributed by atoms with van der Waals surface area (Å²) in [6, 6.07) is 19.4. The molecular formula is C25H24FN3O2. The third-order valence-electron chi connectivity index (χ3n) is 5.94. The number of likely N-dealkylation sites (tertiary alicyclic amines) is 1. The van der Waals surface area contributed by atoms with Crippen LogP contribution in [-0.4, -0.2) is 41.8 Å². The van der Waals surface area contributed by atoms with Crippen LogP contribution in [0.25, 0.3) is 11.1 Å². The largest absolute Gasteiger partial charge is 0.359 e. The van der Waals surface area contributed by atoms with Gasteiger partial charge in [-0.15, -0.1) is 0 Å². The molecule has 2 aromatic carbocycles. The fourth-order valence-corrected chi connectivity index (χ4v) is 4.35. The van der Waals surface area contributed by atoms with E-state index in [1.54, 1.807) is 54.5 Å². The number of halogens is 1. The van der Waals surface area contributed by atoms with Gasteiger partial charge in [0, 0.05) is 31.9 Å². The van der Waals surface area contributed by atoms with Crippen molar-refractivity contribution in [2.45, 2.75) is 12.8 Å². The second kappa shape index (κ2) is 8.68. The molecule has 1 saturated heterocycles. The lowest BCUT2D eigenvalue weighted by molar-refractivity contribution is -0.129. The fraction of sp³-hybridized carbons (Fsp3) is 0.240. The van der Waals surface area contributed by atoms with Crippen LogP contribution in [0.4, 0.5) is 4.39 Å². The quantitative estimate of drug-likeness (QED) is 0.689. The minimum atomic E-state index is -0.791. The van der Waals surface area contributed by atoms with Gasteiger partial charge in [-0.3, -0.25) is 14.6 Å². The van der Waals surface area contributed by atoms with E-state index in [0.29, 0.717) is 30.6 Å². The lowest BCUT2D eigenvalue weighted by Gasteiger charge is -2.28. The van der Waals surface area contributed by atoms with Gasteiger partial charge in [-0.1, -0.05) is 48.5 Å². The van der Waals surface area contributed by atoms with Crippen LogP contribution in [0.15, 0.2) is 72.9 Å². The first-order valence-corrected chi connectivity index (χ1v) is 10.3. The van der Waals surface area contributed by atoms with Gasteiger partial charge in [-0.05, 0) is 42.2 Å². The first-order valence-electron chi connectivity index (χ1n) is 10.3. The predicted molar refractivity (Wildman–Crippen MR) is 117 cm³/mol. The molecule has 1 aliphatic rings. The summed E-state index contributed by atoms with van der Waals surface area (Å²) < 4.78 is 14.5. The van der Waals surface area contributed by atoms with E-state index < -0.39 is 5.41 Å². The van der Waals surface area contributed by atoms with Gasteiger partial charge in [0.05, 0.1) is 5.41 Å². The summed E-state index contributed by atoms with van der Waals surface area (Å²) >= 11 is 0. The zero-order valence-electron chi connectivity index (χ0n) is 17.3. The number of pyridine rings is 1. The molecule has 4 rings (SSSR count). The van der Waals surface area contributed by atoms with E-state index in [-0.39, 0.29) is 24.2 Å². The SMILES string of the molecule is CNC(=O)[C@]1(Cc2ccccc2-c2ccccc2F)CCN(C(=O)c2ccccn2)C1. The number of rotatable bonds is 5.